The van der Waals surface area contributed by atoms with E-state index in [0.717, 1.165) is 50.8 Å². The number of pyridine rings is 1. The largest absolute Gasteiger partial charge is 0.456 e. The van der Waals surface area contributed by atoms with Crippen LogP contribution in [0.1, 0.15) is 0 Å². The van der Waals surface area contributed by atoms with Crippen LogP contribution in [0.25, 0.3) is 33.0 Å². The molecule has 0 atom stereocenters. The second-order valence-corrected chi connectivity index (χ2v) is 8.84. The Morgan fingerprint density at radius 3 is 1.92 bits per heavy atom. The Morgan fingerprint density at radius 2 is 1.14 bits per heavy atom. The maximum Gasteiger partial charge on any atom is 0.138 e. The van der Waals surface area contributed by atoms with Crippen LogP contribution in [0.15, 0.2) is 134 Å². The molecule has 0 amide bonds. The predicted octanol–water partition coefficient (Wildman–Crippen LogP) is 9.14. The first-order valence-electron chi connectivity index (χ1n) is 12.1. The maximum atomic E-state index is 6.44. The fourth-order valence-electron chi connectivity index (χ4n) is 5.19. The summed E-state index contributed by atoms with van der Waals surface area (Å²) >= 11 is 0. The lowest BCUT2D eigenvalue weighted by Crippen LogP contribution is -2.10. The van der Waals surface area contributed by atoms with E-state index >= 15 is 0 Å². The van der Waals surface area contributed by atoms with Crippen molar-refractivity contribution in [2.45, 2.75) is 0 Å². The van der Waals surface area contributed by atoms with Crippen molar-refractivity contribution >= 4 is 27.8 Å². The minimum atomic E-state index is 0.809. The fraction of sp³-hybridized carbons (Fsp3) is 0. The average Bonchev–Trinajstić information content (AvgIpc) is 2.94. The standard InChI is InChI=1S/C33H22N2O/c1-3-10-23(11-4-1)35(24-12-5-2-6-13-24)30-19-18-27-29-22-34-21-20-32(29)36-31-17-8-7-14-25(31)26-15-9-16-28(30)33(26)27/h1-22H. The molecular weight excluding hydrogens is 440 g/mol. The number of aromatic nitrogens is 1. The molecule has 3 nitrogen and oxygen atoms in total. The van der Waals surface area contributed by atoms with Gasteiger partial charge in [0.15, 0.2) is 0 Å². The van der Waals surface area contributed by atoms with Crippen molar-refractivity contribution < 1.29 is 4.74 Å². The van der Waals surface area contributed by atoms with Crippen molar-refractivity contribution in [1.29, 1.82) is 0 Å². The monoisotopic (exact) mass is 462 g/mol. The third-order valence-corrected chi connectivity index (χ3v) is 6.76. The number of hydrogen-bond acceptors (Lipinski definition) is 3. The van der Waals surface area contributed by atoms with Crippen LogP contribution in [-0.4, -0.2) is 4.98 Å². The van der Waals surface area contributed by atoms with E-state index in [1.54, 1.807) is 6.20 Å². The van der Waals surface area contributed by atoms with Gasteiger partial charge in [-0.2, -0.15) is 0 Å². The second-order valence-electron chi connectivity index (χ2n) is 8.84. The molecule has 0 saturated heterocycles. The highest BCUT2D eigenvalue weighted by molar-refractivity contribution is 6.14. The zero-order chi connectivity index (χ0) is 23.9. The predicted molar refractivity (Wildman–Crippen MR) is 147 cm³/mol. The first-order chi connectivity index (χ1) is 17.9. The maximum absolute atomic E-state index is 6.44. The molecule has 2 heterocycles. The molecule has 0 saturated carbocycles. The highest BCUT2D eigenvalue weighted by Gasteiger charge is 2.23. The molecule has 0 spiro atoms. The Kier molecular flexibility index (Phi) is 4.78. The van der Waals surface area contributed by atoms with E-state index in [9.17, 15) is 0 Å². The minimum Gasteiger partial charge on any atom is -0.456 e. The molecule has 0 fully saturated rings. The van der Waals surface area contributed by atoms with Gasteiger partial charge in [-0.05, 0) is 59.0 Å². The van der Waals surface area contributed by atoms with Crippen LogP contribution in [-0.2, 0) is 0 Å². The van der Waals surface area contributed by atoms with Crippen LogP contribution < -0.4 is 9.64 Å². The van der Waals surface area contributed by atoms with Gasteiger partial charge in [-0.15, -0.1) is 0 Å². The van der Waals surface area contributed by atoms with Gasteiger partial charge in [0.1, 0.15) is 11.5 Å². The van der Waals surface area contributed by atoms with E-state index in [2.05, 4.69) is 113 Å². The zero-order valence-electron chi connectivity index (χ0n) is 19.5. The van der Waals surface area contributed by atoms with Crippen molar-refractivity contribution in [1.82, 2.24) is 4.98 Å². The van der Waals surface area contributed by atoms with Crippen molar-refractivity contribution in [3.63, 3.8) is 0 Å². The summed E-state index contributed by atoms with van der Waals surface area (Å²) in [5.41, 5.74) is 7.68. The molecule has 5 aromatic carbocycles. The lowest BCUT2D eigenvalue weighted by molar-refractivity contribution is 0.485. The van der Waals surface area contributed by atoms with E-state index < -0.39 is 0 Å². The smallest absolute Gasteiger partial charge is 0.138 e. The van der Waals surface area contributed by atoms with Gasteiger partial charge in [0.2, 0.25) is 0 Å². The van der Waals surface area contributed by atoms with Crippen LogP contribution >= 0.6 is 0 Å². The molecule has 7 rings (SSSR count). The Bertz CT molecular complexity index is 1620. The van der Waals surface area contributed by atoms with E-state index in [1.807, 2.05) is 24.4 Å². The second kappa shape index (κ2) is 8.40. The Morgan fingerprint density at radius 1 is 0.500 bits per heavy atom. The first-order valence-corrected chi connectivity index (χ1v) is 12.1. The third kappa shape index (κ3) is 3.25. The molecule has 0 unspecified atom stereocenters. The van der Waals surface area contributed by atoms with Crippen LogP contribution in [0, 0.1) is 0 Å². The molecule has 0 aliphatic carbocycles. The number of ether oxygens (including phenoxy) is 1. The summed E-state index contributed by atoms with van der Waals surface area (Å²) in [5.74, 6) is 1.65. The molecule has 1 aliphatic rings. The molecule has 0 N–H and O–H groups in total. The van der Waals surface area contributed by atoms with E-state index in [4.69, 9.17) is 4.74 Å². The molecule has 0 radical (unpaired) electrons. The molecule has 1 aromatic heterocycles. The van der Waals surface area contributed by atoms with Crippen LogP contribution in [0.4, 0.5) is 17.1 Å². The van der Waals surface area contributed by atoms with Crippen LogP contribution in [0.3, 0.4) is 0 Å². The van der Waals surface area contributed by atoms with Gasteiger partial charge in [-0.1, -0.05) is 78.9 Å². The summed E-state index contributed by atoms with van der Waals surface area (Å²) < 4.78 is 6.44. The number of rotatable bonds is 3. The van der Waals surface area contributed by atoms with Gasteiger partial charge in [0.05, 0.1) is 5.69 Å². The Balaban J connectivity index is 1.60. The molecule has 36 heavy (non-hydrogen) atoms. The Labute approximate surface area is 209 Å². The molecular formula is C33H22N2O. The first kappa shape index (κ1) is 20.5. The van der Waals surface area contributed by atoms with Crippen molar-refractivity contribution in [3.8, 4) is 33.8 Å². The lowest BCUT2D eigenvalue weighted by Gasteiger charge is -2.28. The van der Waals surface area contributed by atoms with Crippen molar-refractivity contribution in [2.75, 3.05) is 4.90 Å². The third-order valence-electron chi connectivity index (χ3n) is 6.76. The number of anilines is 3. The van der Waals surface area contributed by atoms with Gasteiger partial charge in [-0.25, -0.2) is 0 Å². The number of fused-ring (bicyclic) bond motifs is 4. The molecule has 6 aromatic rings. The van der Waals surface area contributed by atoms with Gasteiger partial charge in [-0.3, -0.25) is 4.98 Å². The van der Waals surface area contributed by atoms with Crippen molar-refractivity contribution in [3.05, 3.63) is 134 Å². The van der Waals surface area contributed by atoms with E-state index in [0.29, 0.717) is 0 Å². The van der Waals surface area contributed by atoms with Gasteiger partial charge in [0, 0.05) is 40.3 Å². The molecule has 3 heteroatoms. The quantitative estimate of drug-likeness (QED) is 0.262. The topological polar surface area (TPSA) is 25.4 Å². The minimum absolute atomic E-state index is 0.809. The Hall–Kier alpha value is -4.89. The van der Waals surface area contributed by atoms with E-state index in [1.165, 1.54) is 10.8 Å². The summed E-state index contributed by atoms with van der Waals surface area (Å²) in [7, 11) is 0. The number of nitrogens with zero attached hydrogens (tertiary/aromatic N) is 2. The van der Waals surface area contributed by atoms with Gasteiger partial charge < -0.3 is 9.64 Å². The number of hydrogen-bond donors (Lipinski definition) is 0. The summed E-state index contributed by atoms with van der Waals surface area (Å²) in [4.78, 5) is 6.78. The summed E-state index contributed by atoms with van der Waals surface area (Å²) in [6.45, 7) is 0. The van der Waals surface area contributed by atoms with Gasteiger partial charge >= 0.3 is 0 Å². The van der Waals surface area contributed by atoms with Crippen molar-refractivity contribution in [2.24, 2.45) is 0 Å². The van der Waals surface area contributed by atoms with Gasteiger partial charge in [0.25, 0.3) is 0 Å². The normalized spacial score (nSPS) is 11.6. The van der Waals surface area contributed by atoms with E-state index in [-0.39, 0.29) is 0 Å². The fourth-order valence-corrected chi connectivity index (χ4v) is 5.19. The molecule has 1 aliphatic heterocycles. The highest BCUT2D eigenvalue weighted by Crippen LogP contribution is 2.49. The molecule has 0 bridgehead atoms. The zero-order valence-corrected chi connectivity index (χ0v) is 19.5. The SMILES string of the molecule is c1ccc(N(c2ccccc2)c2ccc3c4c(cccc24)-c2ccccc2Oc2ccncc2-3)cc1. The summed E-state index contributed by atoms with van der Waals surface area (Å²) in [6.07, 6.45) is 3.69. The lowest BCUT2D eigenvalue weighted by atomic mass is 9.89. The highest BCUT2D eigenvalue weighted by atomic mass is 16.5. The van der Waals surface area contributed by atoms with Crippen LogP contribution in [0.5, 0.6) is 11.5 Å². The molecule has 170 valence electrons. The number of para-hydroxylation sites is 3. The summed E-state index contributed by atoms with van der Waals surface area (Å²) in [6, 6.07) is 42.2. The van der Waals surface area contributed by atoms with Crippen LogP contribution in [0.2, 0.25) is 0 Å². The number of benzene rings is 5. The summed E-state index contributed by atoms with van der Waals surface area (Å²) in [5, 5.41) is 2.36. The average molecular weight is 463 g/mol.